The largest absolute Gasteiger partial charge is 0.393 e. The summed E-state index contributed by atoms with van der Waals surface area (Å²) in [5, 5.41) is 12.2. The average Bonchev–Trinajstić information content (AvgIpc) is 2.83. The molecule has 3 heteroatoms. The molecule has 0 aromatic carbocycles. The van der Waals surface area contributed by atoms with Crippen LogP contribution in [0.4, 0.5) is 0 Å². The summed E-state index contributed by atoms with van der Waals surface area (Å²) in [4.78, 5) is 11.5. The lowest BCUT2D eigenvalue weighted by atomic mass is 9.83. The van der Waals surface area contributed by atoms with Gasteiger partial charge in [0.1, 0.15) is 0 Å². The lowest BCUT2D eigenvalue weighted by Gasteiger charge is -2.29. The standard InChI is InChI=1S/C12H21NO2/c1-9(14)7-11(15)13-10-3-2-4-12(8-10)5-6-12/h9-10,14H,2-8H2,1H3,(H,13,15)/t9?,10-/m1/s1. The summed E-state index contributed by atoms with van der Waals surface area (Å²) in [6.07, 6.45) is 7.32. The zero-order chi connectivity index (χ0) is 10.9. The molecule has 0 heterocycles. The van der Waals surface area contributed by atoms with Gasteiger partial charge in [-0.15, -0.1) is 0 Å². The summed E-state index contributed by atoms with van der Waals surface area (Å²) < 4.78 is 0. The third-order valence-electron chi connectivity index (χ3n) is 3.74. The van der Waals surface area contributed by atoms with Crippen LogP contribution in [0.15, 0.2) is 0 Å². The molecule has 0 radical (unpaired) electrons. The maximum absolute atomic E-state index is 11.5. The Morgan fingerprint density at radius 2 is 2.27 bits per heavy atom. The molecule has 15 heavy (non-hydrogen) atoms. The molecule has 3 nitrogen and oxygen atoms in total. The van der Waals surface area contributed by atoms with Crippen molar-refractivity contribution >= 4 is 5.91 Å². The second-order valence-electron chi connectivity index (χ2n) is 5.41. The van der Waals surface area contributed by atoms with E-state index >= 15 is 0 Å². The van der Waals surface area contributed by atoms with Crippen molar-refractivity contribution in [2.24, 2.45) is 5.41 Å². The minimum Gasteiger partial charge on any atom is -0.393 e. The van der Waals surface area contributed by atoms with Crippen LogP contribution in [-0.4, -0.2) is 23.2 Å². The maximum atomic E-state index is 11.5. The zero-order valence-electron chi connectivity index (χ0n) is 9.46. The van der Waals surface area contributed by atoms with Crippen LogP contribution in [0, 0.1) is 5.41 Å². The van der Waals surface area contributed by atoms with Crippen molar-refractivity contribution in [2.75, 3.05) is 0 Å². The molecule has 0 aromatic heterocycles. The van der Waals surface area contributed by atoms with Crippen LogP contribution < -0.4 is 5.32 Å². The summed E-state index contributed by atoms with van der Waals surface area (Å²) in [6, 6.07) is 0.368. The van der Waals surface area contributed by atoms with Gasteiger partial charge in [-0.1, -0.05) is 6.42 Å². The van der Waals surface area contributed by atoms with Gasteiger partial charge in [-0.2, -0.15) is 0 Å². The first-order valence-electron chi connectivity index (χ1n) is 6.07. The van der Waals surface area contributed by atoms with E-state index in [4.69, 9.17) is 5.11 Å². The first-order valence-corrected chi connectivity index (χ1v) is 6.07. The molecule has 2 saturated carbocycles. The van der Waals surface area contributed by atoms with Gasteiger partial charge in [0.15, 0.2) is 0 Å². The Hall–Kier alpha value is -0.570. The molecule has 2 aliphatic carbocycles. The van der Waals surface area contributed by atoms with Gasteiger partial charge < -0.3 is 10.4 Å². The highest BCUT2D eigenvalue weighted by Gasteiger charge is 2.45. The second kappa shape index (κ2) is 4.12. The summed E-state index contributed by atoms with van der Waals surface area (Å²) in [6.45, 7) is 1.66. The Labute approximate surface area is 91.2 Å². The van der Waals surface area contributed by atoms with Gasteiger partial charge in [0, 0.05) is 6.04 Å². The minimum absolute atomic E-state index is 0.00713. The number of aliphatic hydroxyl groups excluding tert-OH is 1. The molecule has 0 bridgehead atoms. The highest BCUT2D eigenvalue weighted by Crippen LogP contribution is 2.56. The van der Waals surface area contributed by atoms with Crippen molar-refractivity contribution in [1.82, 2.24) is 5.32 Å². The SMILES string of the molecule is CC(O)CC(=O)N[C@@H]1CCCC2(CC2)C1. The van der Waals surface area contributed by atoms with E-state index in [0.29, 0.717) is 11.5 Å². The zero-order valence-corrected chi connectivity index (χ0v) is 9.46. The third-order valence-corrected chi connectivity index (χ3v) is 3.74. The predicted molar refractivity (Wildman–Crippen MR) is 58.4 cm³/mol. The molecule has 0 aromatic rings. The molecule has 2 N–H and O–H groups in total. The first-order chi connectivity index (χ1) is 7.10. The van der Waals surface area contributed by atoms with Crippen molar-refractivity contribution in [2.45, 2.75) is 64.0 Å². The number of carbonyl (C=O) groups is 1. The molecule has 2 fully saturated rings. The average molecular weight is 211 g/mol. The van der Waals surface area contributed by atoms with Crippen LogP contribution in [0.1, 0.15) is 51.9 Å². The van der Waals surface area contributed by atoms with Gasteiger partial charge in [0.25, 0.3) is 0 Å². The van der Waals surface area contributed by atoms with E-state index in [9.17, 15) is 4.79 Å². The van der Waals surface area contributed by atoms with Crippen LogP contribution in [0.25, 0.3) is 0 Å². The van der Waals surface area contributed by atoms with Crippen LogP contribution in [0.2, 0.25) is 0 Å². The molecule has 2 aliphatic rings. The summed E-state index contributed by atoms with van der Waals surface area (Å²) in [5.41, 5.74) is 0.598. The molecular weight excluding hydrogens is 190 g/mol. The van der Waals surface area contributed by atoms with Crippen molar-refractivity contribution in [3.63, 3.8) is 0 Å². The monoisotopic (exact) mass is 211 g/mol. The molecule has 1 spiro atoms. The quantitative estimate of drug-likeness (QED) is 0.745. The van der Waals surface area contributed by atoms with Crippen molar-refractivity contribution in [3.8, 4) is 0 Å². The number of aliphatic hydroxyl groups is 1. The van der Waals surface area contributed by atoms with Gasteiger partial charge in [0.2, 0.25) is 5.91 Å². The van der Waals surface area contributed by atoms with E-state index in [0.717, 1.165) is 6.42 Å². The minimum atomic E-state index is -0.525. The number of nitrogens with one attached hydrogen (secondary N) is 1. The van der Waals surface area contributed by atoms with E-state index < -0.39 is 6.10 Å². The summed E-state index contributed by atoms with van der Waals surface area (Å²) in [5.74, 6) is 0.00713. The molecule has 2 rings (SSSR count). The smallest absolute Gasteiger partial charge is 0.222 e. The number of amides is 1. The van der Waals surface area contributed by atoms with E-state index in [-0.39, 0.29) is 12.3 Å². The lowest BCUT2D eigenvalue weighted by Crippen LogP contribution is -2.39. The maximum Gasteiger partial charge on any atom is 0.222 e. The van der Waals surface area contributed by atoms with Gasteiger partial charge in [-0.25, -0.2) is 0 Å². The summed E-state index contributed by atoms with van der Waals surface area (Å²) >= 11 is 0. The lowest BCUT2D eigenvalue weighted by molar-refractivity contribution is -0.123. The Morgan fingerprint density at radius 3 is 2.87 bits per heavy atom. The Bertz CT molecular complexity index is 246. The predicted octanol–water partition coefficient (Wildman–Crippen LogP) is 1.60. The van der Waals surface area contributed by atoms with E-state index in [2.05, 4.69) is 5.32 Å². The molecular formula is C12H21NO2. The highest BCUT2D eigenvalue weighted by atomic mass is 16.3. The Kier molecular flexibility index (Phi) is 3.01. The first kappa shape index (κ1) is 10.9. The molecule has 1 unspecified atom stereocenters. The third kappa shape index (κ3) is 2.94. The van der Waals surface area contributed by atoms with Gasteiger partial charge in [-0.3, -0.25) is 4.79 Å². The normalized spacial score (nSPS) is 29.9. The number of hydrogen-bond donors (Lipinski definition) is 2. The van der Waals surface area contributed by atoms with Crippen molar-refractivity contribution < 1.29 is 9.90 Å². The van der Waals surface area contributed by atoms with Gasteiger partial charge in [0.05, 0.1) is 12.5 Å². The number of carbonyl (C=O) groups excluding carboxylic acids is 1. The van der Waals surface area contributed by atoms with Gasteiger partial charge in [-0.05, 0) is 44.4 Å². The van der Waals surface area contributed by atoms with Crippen LogP contribution in [-0.2, 0) is 4.79 Å². The second-order valence-corrected chi connectivity index (χ2v) is 5.41. The van der Waals surface area contributed by atoms with Crippen LogP contribution in [0.5, 0.6) is 0 Å². The topological polar surface area (TPSA) is 49.3 Å². The Balaban J connectivity index is 1.76. The number of hydrogen-bond acceptors (Lipinski definition) is 2. The summed E-state index contributed by atoms with van der Waals surface area (Å²) in [7, 11) is 0. The van der Waals surface area contributed by atoms with Crippen LogP contribution in [0.3, 0.4) is 0 Å². The molecule has 1 amide bonds. The van der Waals surface area contributed by atoms with Crippen molar-refractivity contribution in [1.29, 1.82) is 0 Å². The number of rotatable bonds is 3. The highest BCUT2D eigenvalue weighted by molar-refractivity contribution is 5.76. The van der Waals surface area contributed by atoms with Gasteiger partial charge >= 0.3 is 0 Å². The van der Waals surface area contributed by atoms with Crippen molar-refractivity contribution in [3.05, 3.63) is 0 Å². The molecule has 0 aliphatic heterocycles. The fourth-order valence-corrected chi connectivity index (χ4v) is 2.76. The van der Waals surface area contributed by atoms with E-state index in [1.54, 1.807) is 6.92 Å². The molecule has 0 saturated heterocycles. The van der Waals surface area contributed by atoms with E-state index in [1.807, 2.05) is 0 Å². The fraction of sp³-hybridized carbons (Fsp3) is 0.917. The molecule has 86 valence electrons. The Morgan fingerprint density at radius 1 is 1.53 bits per heavy atom. The van der Waals surface area contributed by atoms with E-state index in [1.165, 1.54) is 32.1 Å². The van der Waals surface area contributed by atoms with Crippen LogP contribution >= 0.6 is 0 Å². The fourth-order valence-electron chi connectivity index (χ4n) is 2.76. The molecule has 2 atom stereocenters.